The molecule has 1 N–H and O–H groups in total. The van der Waals surface area contributed by atoms with Gasteiger partial charge >= 0.3 is 5.97 Å². The lowest BCUT2D eigenvalue weighted by atomic mass is 10.1. The summed E-state index contributed by atoms with van der Waals surface area (Å²) in [5, 5.41) is 9.22. The van der Waals surface area contributed by atoms with Crippen LogP contribution in [-0.2, 0) is 9.53 Å². The van der Waals surface area contributed by atoms with E-state index in [9.17, 15) is 9.59 Å². The number of rotatable bonds is 8. The van der Waals surface area contributed by atoms with Crippen molar-refractivity contribution >= 4 is 23.5 Å². The fourth-order valence-corrected chi connectivity index (χ4v) is 3.05. The van der Waals surface area contributed by atoms with Gasteiger partial charge in [0.15, 0.2) is 11.5 Å². The molecule has 1 atom stereocenters. The molecule has 1 saturated heterocycles. The fraction of sp³-hybridized carbons (Fsp3) is 0.579. The number of halogens is 1. The van der Waals surface area contributed by atoms with E-state index in [4.69, 9.17) is 30.9 Å². The van der Waals surface area contributed by atoms with Crippen LogP contribution in [0.15, 0.2) is 12.1 Å². The molecule has 0 bridgehead atoms. The van der Waals surface area contributed by atoms with Gasteiger partial charge in [-0.1, -0.05) is 25.4 Å². The zero-order chi connectivity index (χ0) is 20.0. The molecule has 0 radical (unpaired) electrons. The molecule has 1 aromatic rings. The highest BCUT2D eigenvalue weighted by Crippen LogP contribution is 2.37. The van der Waals surface area contributed by atoms with Gasteiger partial charge in [0.1, 0.15) is 0 Å². The number of carbonyl (C=O) groups is 2. The summed E-state index contributed by atoms with van der Waals surface area (Å²) in [4.78, 5) is 25.3. The number of amides is 1. The van der Waals surface area contributed by atoms with Gasteiger partial charge in [-0.05, 0) is 24.5 Å². The van der Waals surface area contributed by atoms with Gasteiger partial charge in [0, 0.05) is 18.7 Å². The average Bonchev–Trinajstić information content (AvgIpc) is 2.61. The first-order chi connectivity index (χ1) is 12.8. The minimum absolute atomic E-state index is 0.142. The van der Waals surface area contributed by atoms with E-state index in [2.05, 4.69) is 13.8 Å². The van der Waals surface area contributed by atoms with Crippen LogP contribution in [0.2, 0.25) is 5.02 Å². The van der Waals surface area contributed by atoms with Crippen LogP contribution in [0.3, 0.4) is 0 Å². The molecule has 150 valence electrons. The largest absolute Gasteiger partial charge is 0.493 e. The van der Waals surface area contributed by atoms with Gasteiger partial charge < -0.3 is 24.2 Å². The number of hydrogen-bond acceptors (Lipinski definition) is 5. The first kappa shape index (κ1) is 21.3. The minimum atomic E-state index is -0.957. The number of morpholine rings is 1. The molecular formula is C19H26ClNO6. The van der Waals surface area contributed by atoms with Gasteiger partial charge in [0.2, 0.25) is 0 Å². The lowest BCUT2D eigenvalue weighted by Gasteiger charge is -2.32. The van der Waals surface area contributed by atoms with Gasteiger partial charge in [-0.25, -0.2) is 0 Å². The van der Waals surface area contributed by atoms with Crippen molar-refractivity contribution in [2.75, 3.05) is 33.4 Å². The summed E-state index contributed by atoms with van der Waals surface area (Å²) in [5.41, 5.74) is 0.365. The Morgan fingerprint density at radius 1 is 1.41 bits per heavy atom. The summed E-state index contributed by atoms with van der Waals surface area (Å²) in [6.45, 7) is 5.61. The number of carboxylic acid groups (broad SMARTS) is 1. The number of methoxy groups -OCH3 is 1. The number of nitrogens with zero attached hydrogens (tertiary/aromatic N) is 1. The zero-order valence-electron chi connectivity index (χ0n) is 15.9. The van der Waals surface area contributed by atoms with E-state index < -0.39 is 12.1 Å². The highest BCUT2D eigenvalue weighted by atomic mass is 35.5. The summed E-state index contributed by atoms with van der Waals surface area (Å²) >= 11 is 6.33. The molecule has 0 aliphatic carbocycles. The minimum Gasteiger partial charge on any atom is -0.493 e. The van der Waals surface area contributed by atoms with E-state index in [1.54, 1.807) is 17.0 Å². The number of ether oxygens (including phenoxy) is 3. The van der Waals surface area contributed by atoms with Gasteiger partial charge in [0.25, 0.3) is 5.91 Å². The third kappa shape index (κ3) is 6.01. The molecule has 1 amide bonds. The predicted octanol–water partition coefficient (Wildman–Crippen LogP) is 3.09. The van der Waals surface area contributed by atoms with E-state index in [1.807, 2.05) is 0 Å². The molecule has 1 unspecified atom stereocenters. The molecule has 2 rings (SSSR count). The topological polar surface area (TPSA) is 85.3 Å². The predicted molar refractivity (Wildman–Crippen MR) is 101 cm³/mol. The molecule has 8 heteroatoms. The SMILES string of the molecule is COc1cc(C(=O)N2CCOC(CC(=O)O)C2)cc(Cl)c1OCCC(C)C. The van der Waals surface area contributed by atoms with Crippen molar-refractivity contribution in [2.45, 2.75) is 32.8 Å². The molecule has 1 heterocycles. The Morgan fingerprint density at radius 3 is 2.78 bits per heavy atom. The van der Waals surface area contributed by atoms with Crippen LogP contribution in [0.25, 0.3) is 0 Å². The summed E-state index contributed by atoms with van der Waals surface area (Å²) in [6, 6.07) is 3.15. The van der Waals surface area contributed by atoms with Crippen LogP contribution >= 0.6 is 11.6 Å². The maximum Gasteiger partial charge on any atom is 0.306 e. The van der Waals surface area contributed by atoms with Crippen molar-refractivity contribution in [2.24, 2.45) is 5.92 Å². The maximum atomic E-state index is 12.8. The fourth-order valence-electron chi connectivity index (χ4n) is 2.78. The first-order valence-electron chi connectivity index (χ1n) is 8.94. The highest BCUT2D eigenvalue weighted by molar-refractivity contribution is 6.32. The van der Waals surface area contributed by atoms with E-state index >= 15 is 0 Å². The van der Waals surface area contributed by atoms with E-state index in [0.29, 0.717) is 47.8 Å². The Bertz CT molecular complexity index is 678. The average molecular weight is 400 g/mol. The third-order valence-electron chi connectivity index (χ3n) is 4.25. The standard InChI is InChI=1S/C19H26ClNO6/c1-12(2)4-6-27-18-15(20)8-13(9-16(18)25-3)19(24)21-5-7-26-14(11-21)10-17(22)23/h8-9,12,14H,4-7,10-11H2,1-3H3,(H,22,23). The summed E-state index contributed by atoms with van der Waals surface area (Å²) in [5.74, 6) is 0.104. The zero-order valence-corrected chi connectivity index (χ0v) is 16.6. The van der Waals surface area contributed by atoms with Crippen LogP contribution in [0.5, 0.6) is 11.5 Å². The van der Waals surface area contributed by atoms with Crippen molar-refractivity contribution < 1.29 is 28.9 Å². The van der Waals surface area contributed by atoms with E-state index in [1.165, 1.54) is 7.11 Å². The van der Waals surface area contributed by atoms with Gasteiger partial charge in [-0.15, -0.1) is 0 Å². The van der Waals surface area contributed by atoms with Crippen LogP contribution in [-0.4, -0.2) is 61.4 Å². The van der Waals surface area contributed by atoms with Crippen LogP contribution in [0, 0.1) is 5.92 Å². The summed E-state index contributed by atoms with van der Waals surface area (Å²) in [7, 11) is 1.49. The Labute approximate surface area is 164 Å². The Morgan fingerprint density at radius 2 is 2.15 bits per heavy atom. The molecular weight excluding hydrogens is 374 g/mol. The molecule has 0 spiro atoms. The van der Waals surface area contributed by atoms with Gasteiger partial charge in [-0.3, -0.25) is 9.59 Å². The number of benzene rings is 1. The normalized spacial score (nSPS) is 17.1. The van der Waals surface area contributed by atoms with Crippen molar-refractivity contribution in [3.05, 3.63) is 22.7 Å². The van der Waals surface area contributed by atoms with Crippen LogP contribution < -0.4 is 9.47 Å². The molecule has 1 aromatic carbocycles. The number of aliphatic carboxylic acids is 1. The second-order valence-corrected chi connectivity index (χ2v) is 7.27. The monoisotopic (exact) mass is 399 g/mol. The molecule has 1 aliphatic rings. The summed E-state index contributed by atoms with van der Waals surface area (Å²) in [6.07, 6.45) is 0.214. The maximum absolute atomic E-state index is 12.8. The Balaban J connectivity index is 2.14. The Hall–Kier alpha value is -1.99. The lowest BCUT2D eigenvalue weighted by Crippen LogP contribution is -2.46. The Kier molecular flexibility index (Phi) is 7.74. The number of carboxylic acids is 1. The lowest BCUT2D eigenvalue weighted by molar-refractivity contribution is -0.141. The molecule has 27 heavy (non-hydrogen) atoms. The number of carbonyl (C=O) groups excluding carboxylic acids is 1. The van der Waals surface area contributed by atoms with Gasteiger partial charge in [-0.2, -0.15) is 0 Å². The van der Waals surface area contributed by atoms with Crippen LogP contribution in [0.4, 0.5) is 0 Å². The van der Waals surface area contributed by atoms with Crippen molar-refractivity contribution in [1.29, 1.82) is 0 Å². The summed E-state index contributed by atoms with van der Waals surface area (Å²) < 4.78 is 16.5. The highest BCUT2D eigenvalue weighted by Gasteiger charge is 2.27. The van der Waals surface area contributed by atoms with Gasteiger partial charge in [0.05, 0.1) is 37.9 Å². The first-order valence-corrected chi connectivity index (χ1v) is 9.32. The van der Waals surface area contributed by atoms with Crippen molar-refractivity contribution in [1.82, 2.24) is 4.90 Å². The quantitative estimate of drug-likeness (QED) is 0.723. The molecule has 1 aliphatic heterocycles. The molecule has 0 aromatic heterocycles. The number of hydrogen-bond donors (Lipinski definition) is 1. The van der Waals surface area contributed by atoms with Crippen molar-refractivity contribution in [3.8, 4) is 11.5 Å². The molecule has 0 saturated carbocycles. The van der Waals surface area contributed by atoms with E-state index in [0.717, 1.165) is 6.42 Å². The second kappa shape index (κ2) is 9.80. The molecule has 7 nitrogen and oxygen atoms in total. The van der Waals surface area contributed by atoms with Crippen LogP contribution in [0.1, 0.15) is 37.0 Å². The third-order valence-corrected chi connectivity index (χ3v) is 4.53. The molecule has 1 fully saturated rings. The van der Waals surface area contributed by atoms with E-state index in [-0.39, 0.29) is 18.9 Å². The van der Waals surface area contributed by atoms with Crippen molar-refractivity contribution in [3.63, 3.8) is 0 Å². The second-order valence-electron chi connectivity index (χ2n) is 6.86. The smallest absolute Gasteiger partial charge is 0.306 e.